The summed E-state index contributed by atoms with van der Waals surface area (Å²) in [6.07, 6.45) is 1.10. The molecule has 0 saturated heterocycles. The molecule has 3 rings (SSSR count). The highest BCUT2D eigenvalue weighted by atomic mass is 31.2. The molecule has 178 valence electrons. The molecule has 2 atom stereocenters. The predicted molar refractivity (Wildman–Crippen MR) is 125 cm³/mol. The van der Waals surface area contributed by atoms with E-state index in [1.807, 2.05) is 31.2 Å². The number of carbonyl (C=O) groups is 2. The second-order valence-corrected chi connectivity index (χ2v) is 9.48. The summed E-state index contributed by atoms with van der Waals surface area (Å²) < 4.78 is 29.7. The third kappa shape index (κ3) is 7.02. The van der Waals surface area contributed by atoms with Crippen molar-refractivity contribution in [2.24, 2.45) is 5.92 Å². The smallest absolute Gasteiger partial charge is 0.310 e. The number of allylic oxidation sites excluding steroid dienone is 1. The lowest BCUT2D eigenvalue weighted by Gasteiger charge is -2.30. The van der Waals surface area contributed by atoms with Crippen LogP contribution in [0.25, 0.3) is 11.1 Å². The van der Waals surface area contributed by atoms with E-state index >= 15 is 0 Å². The lowest BCUT2D eigenvalue weighted by Crippen LogP contribution is -2.30. The zero-order valence-corrected chi connectivity index (χ0v) is 19.4. The highest BCUT2D eigenvalue weighted by Gasteiger charge is 2.41. The fourth-order valence-electron chi connectivity index (χ4n) is 3.31. The van der Waals surface area contributed by atoms with E-state index in [2.05, 4.69) is 6.58 Å². The van der Waals surface area contributed by atoms with Gasteiger partial charge in [-0.15, -0.1) is 6.58 Å². The van der Waals surface area contributed by atoms with Crippen molar-refractivity contribution in [3.63, 3.8) is 0 Å². The summed E-state index contributed by atoms with van der Waals surface area (Å²) in [7, 11) is -3.58. The van der Waals surface area contributed by atoms with Crippen LogP contribution in [0, 0.1) is 5.92 Å². The second-order valence-electron chi connectivity index (χ2n) is 7.11. The van der Waals surface area contributed by atoms with E-state index in [9.17, 15) is 14.2 Å². The fourth-order valence-corrected chi connectivity index (χ4v) is 5.89. The number of aliphatic hydroxyl groups is 2. The summed E-state index contributed by atoms with van der Waals surface area (Å²) in [5.74, 6) is -2.18. The lowest BCUT2D eigenvalue weighted by atomic mass is 10.0. The summed E-state index contributed by atoms with van der Waals surface area (Å²) in [5, 5.41) is 18.2. The zero-order valence-electron chi connectivity index (χ0n) is 18.5. The van der Waals surface area contributed by atoms with Crippen molar-refractivity contribution in [1.29, 1.82) is 0 Å². The molecule has 8 nitrogen and oxygen atoms in total. The molecule has 2 aromatic rings. The number of benzene rings is 2. The van der Waals surface area contributed by atoms with Crippen molar-refractivity contribution in [1.82, 2.24) is 0 Å². The molecule has 0 aliphatic carbocycles. The molecule has 0 amide bonds. The summed E-state index contributed by atoms with van der Waals surface area (Å²) in [5.41, 5.74) is 1.54. The third-order valence-corrected chi connectivity index (χ3v) is 7.13. The van der Waals surface area contributed by atoms with Gasteiger partial charge in [-0.3, -0.25) is 14.2 Å². The Hall–Kier alpha value is -2.93. The zero-order chi connectivity index (χ0) is 24.3. The van der Waals surface area contributed by atoms with E-state index < -0.39 is 25.2 Å². The minimum atomic E-state index is -3.58. The van der Waals surface area contributed by atoms with Gasteiger partial charge in [0.25, 0.3) is 7.37 Å². The van der Waals surface area contributed by atoms with Crippen LogP contribution < -0.4 is 9.83 Å². The molecular weight excluding hydrogens is 447 g/mol. The van der Waals surface area contributed by atoms with Gasteiger partial charge >= 0.3 is 11.9 Å². The maximum Gasteiger partial charge on any atom is 0.310 e. The average Bonchev–Trinajstić information content (AvgIpc) is 2.81. The van der Waals surface area contributed by atoms with Crippen LogP contribution in [0.15, 0.2) is 61.2 Å². The van der Waals surface area contributed by atoms with Crippen LogP contribution in [0.3, 0.4) is 0 Å². The molecule has 2 aromatic carbocycles. The molecule has 1 aliphatic rings. The van der Waals surface area contributed by atoms with Gasteiger partial charge in [-0.1, -0.05) is 42.5 Å². The van der Waals surface area contributed by atoms with E-state index in [1.165, 1.54) is 0 Å². The maximum atomic E-state index is 13.9. The number of ether oxygens (including phenoxy) is 2. The maximum absolute atomic E-state index is 13.9. The van der Waals surface area contributed by atoms with E-state index in [4.69, 9.17) is 24.2 Å². The van der Waals surface area contributed by atoms with E-state index in [0.29, 0.717) is 11.1 Å². The van der Waals surface area contributed by atoms with E-state index in [0.717, 1.165) is 11.1 Å². The number of hydrogen-bond donors (Lipinski definition) is 2. The van der Waals surface area contributed by atoms with Crippen molar-refractivity contribution in [3.05, 3.63) is 61.2 Å². The molecule has 0 aromatic heterocycles. The molecular formula is C24H29O8P. The van der Waals surface area contributed by atoms with Gasteiger partial charge < -0.3 is 24.2 Å². The average molecular weight is 476 g/mol. The Labute approximate surface area is 193 Å². The topological polar surface area (TPSA) is 119 Å². The Morgan fingerprint density at radius 3 is 2.27 bits per heavy atom. The van der Waals surface area contributed by atoms with Crippen molar-refractivity contribution in [3.8, 4) is 16.9 Å². The summed E-state index contributed by atoms with van der Waals surface area (Å²) >= 11 is 0. The Morgan fingerprint density at radius 1 is 1.03 bits per heavy atom. The monoisotopic (exact) mass is 476 g/mol. The van der Waals surface area contributed by atoms with Gasteiger partial charge in [0, 0.05) is 5.56 Å². The molecule has 0 spiro atoms. The molecule has 0 bridgehead atoms. The minimum Gasteiger partial charge on any atom is -0.463 e. The SMILES string of the molecule is C=CC.O=C(CC(CP1(=O)Oc2ccccc2-c2ccccc21)C(=O)OCCO)OCCO. The molecule has 2 N–H and O–H groups in total. The number of esters is 2. The highest BCUT2D eigenvalue weighted by molar-refractivity contribution is 7.67. The Bertz CT molecular complexity index is 1000. The van der Waals surface area contributed by atoms with Crippen molar-refractivity contribution < 1.29 is 38.4 Å². The normalized spacial score (nSPS) is 16.6. The van der Waals surface area contributed by atoms with Crippen LogP contribution in [0.4, 0.5) is 0 Å². The van der Waals surface area contributed by atoms with Crippen LogP contribution in [-0.2, 0) is 23.6 Å². The van der Waals surface area contributed by atoms with Crippen molar-refractivity contribution in [2.75, 3.05) is 32.6 Å². The fraction of sp³-hybridized carbons (Fsp3) is 0.333. The van der Waals surface area contributed by atoms with Gasteiger partial charge in [0.15, 0.2) is 0 Å². The first-order chi connectivity index (χ1) is 15.9. The first-order valence-electron chi connectivity index (χ1n) is 10.5. The van der Waals surface area contributed by atoms with Gasteiger partial charge in [0.1, 0.15) is 19.0 Å². The summed E-state index contributed by atoms with van der Waals surface area (Å²) in [6, 6.07) is 14.2. The van der Waals surface area contributed by atoms with Crippen LogP contribution in [0.2, 0.25) is 0 Å². The van der Waals surface area contributed by atoms with Gasteiger partial charge in [-0.2, -0.15) is 0 Å². The van der Waals surface area contributed by atoms with Gasteiger partial charge in [-0.05, 0) is 24.6 Å². The molecule has 33 heavy (non-hydrogen) atoms. The van der Waals surface area contributed by atoms with E-state index in [1.54, 1.807) is 30.3 Å². The minimum absolute atomic E-state index is 0.207. The molecule has 0 saturated carbocycles. The molecule has 1 heterocycles. The highest BCUT2D eigenvalue weighted by Crippen LogP contribution is 2.55. The largest absolute Gasteiger partial charge is 0.463 e. The first kappa shape index (κ1) is 26.3. The lowest BCUT2D eigenvalue weighted by molar-refractivity contribution is -0.155. The van der Waals surface area contributed by atoms with Crippen molar-refractivity contribution >= 4 is 24.6 Å². The number of fused-ring (bicyclic) bond motifs is 3. The molecule has 0 radical (unpaired) electrons. The molecule has 2 unspecified atom stereocenters. The molecule has 0 fully saturated rings. The Balaban J connectivity index is 0.00000122. The number of hydrogen-bond acceptors (Lipinski definition) is 8. The van der Waals surface area contributed by atoms with Crippen LogP contribution in [0.5, 0.6) is 5.75 Å². The van der Waals surface area contributed by atoms with Crippen LogP contribution >= 0.6 is 7.37 Å². The van der Waals surface area contributed by atoms with Gasteiger partial charge in [-0.25, -0.2) is 0 Å². The van der Waals surface area contributed by atoms with Crippen molar-refractivity contribution in [2.45, 2.75) is 13.3 Å². The predicted octanol–water partition coefficient (Wildman–Crippen LogP) is 2.92. The Kier molecular flexibility index (Phi) is 10.3. The van der Waals surface area contributed by atoms with Crippen LogP contribution in [-0.4, -0.2) is 54.7 Å². The quantitative estimate of drug-likeness (QED) is 0.322. The standard InChI is InChI=1S/C21H23O8P.C3H6/c22-9-11-27-20(24)13-15(21(25)28-12-10-23)14-30(26)19-8-4-2-6-17(19)16-5-1-3-7-18(16)29-30;1-3-2/h1-8,15,22-23H,9-14H2;3H,1H2,2H3. The second kappa shape index (κ2) is 12.9. The van der Waals surface area contributed by atoms with E-state index in [-0.39, 0.29) is 39.0 Å². The Morgan fingerprint density at radius 2 is 1.61 bits per heavy atom. The third-order valence-electron chi connectivity index (χ3n) is 4.59. The summed E-state index contributed by atoms with van der Waals surface area (Å²) in [4.78, 5) is 24.6. The first-order valence-corrected chi connectivity index (χ1v) is 12.3. The van der Waals surface area contributed by atoms with Crippen LogP contribution in [0.1, 0.15) is 13.3 Å². The number of para-hydroxylation sites is 1. The number of carbonyl (C=O) groups excluding carboxylic acids is 2. The number of aliphatic hydroxyl groups excluding tert-OH is 2. The van der Waals surface area contributed by atoms with Gasteiger partial charge in [0.2, 0.25) is 0 Å². The molecule has 9 heteroatoms. The van der Waals surface area contributed by atoms with Gasteiger partial charge in [0.05, 0.1) is 37.0 Å². The number of rotatable bonds is 9. The molecule has 1 aliphatic heterocycles. The summed E-state index contributed by atoms with van der Waals surface area (Å²) in [6.45, 7) is 4.07.